The Hall–Kier alpha value is -2.98. The van der Waals surface area contributed by atoms with E-state index in [9.17, 15) is 18.0 Å². The minimum Gasteiger partial charge on any atom is -0.487 e. The molecule has 0 atom stereocenters. The van der Waals surface area contributed by atoms with Gasteiger partial charge in [0.05, 0.1) is 23.7 Å². The van der Waals surface area contributed by atoms with Crippen LogP contribution in [0.25, 0.3) is 16.0 Å². The smallest absolute Gasteiger partial charge is 0.416 e. The third-order valence-electron chi connectivity index (χ3n) is 4.69. The Balaban J connectivity index is 1.75. The van der Waals surface area contributed by atoms with Gasteiger partial charge in [0.2, 0.25) is 0 Å². The predicted octanol–water partition coefficient (Wildman–Crippen LogP) is 6.19. The summed E-state index contributed by atoms with van der Waals surface area (Å²) < 4.78 is 52.4. The highest BCUT2D eigenvalue weighted by Crippen LogP contribution is 2.38. The molecule has 0 aliphatic carbocycles. The molecule has 0 saturated heterocycles. The summed E-state index contributed by atoms with van der Waals surface area (Å²) in [5.41, 5.74) is 0.816. The first kappa shape index (κ1) is 22.2. The van der Waals surface area contributed by atoms with Crippen LogP contribution in [0.1, 0.15) is 20.8 Å². The second-order valence-corrected chi connectivity index (χ2v) is 8.44. The standard InChI is InChI=1S/C22H17F3N2O3S2/c1-29-20(28)19-17(30-12-13-7-3-4-8-14(13)22(23,24)25)11-18(32-19)27-16-10-6-5-9-15(16)26-21(27)31-2/h3-11H,12H2,1-2H3. The number of aromatic nitrogens is 2. The Morgan fingerprint density at radius 2 is 1.88 bits per heavy atom. The molecular weight excluding hydrogens is 461 g/mol. The lowest BCUT2D eigenvalue weighted by molar-refractivity contribution is -0.138. The molecule has 166 valence electrons. The van der Waals surface area contributed by atoms with Crippen molar-refractivity contribution < 1.29 is 27.4 Å². The number of methoxy groups -OCH3 is 1. The van der Waals surface area contributed by atoms with Gasteiger partial charge in [0.25, 0.3) is 0 Å². The molecule has 0 radical (unpaired) electrons. The number of para-hydroxylation sites is 2. The number of rotatable bonds is 6. The van der Waals surface area contributed by atoms with Crippen molar-refractivity contribution in [3.8, 4) is 10.8 Å². The maximum Gasteiger partial charge on any atom is 0.416 e. The molecule has 5 nitrogen and oxygen atoms in total. The van der Waals surface area contributed by atoms with Crippen LogP contribution in [0.4, 0.5) is 13.2 Å². The highest BCUT2D eigenvalue weighted by Gasteiger charge is 2.33. The molecule has 4 rings (SSSR count). The average molecular weight is 479 g/mol. The number of fused-ring (bicyclic) bond motifs is 1. The van der Waals surface area contributed by atoms with Gasteiger partial charge in [0.1, 0.15) is 17.4 Å². The van der Waals surface area contributed by atoms with Crippen LogP contribution in [-0.4, -0.2) is 28.9 Å². The summed E-state index contributed by atoms with van der Waals surface area (Å²) in [6.45, 7) is -0.351. The Bertz CT molecular complexity index is 1280. The quantitative estimate of drug-likeness (QED) is 0.244. The lowest BCUT2D eigenvalue weighted by Crippen LogP contribution is -2.11. The Morgan fingerprint density at radius 3 is 2.59 bits per heavy atom. The zero-order valence-corrected chi connectivity index (χ0v) is 18.6. The number of nitrogens with zero attached hydrogens (tertiary/aromatic N) is 2. The van der Waals surface area contributed by atoms with Gasteiger partial charge < -0.3 is 9.47 Å². The molecule has 0 spiro atoms. The Kier molecular flexibility index (Phi) is 6.16. The van der Waals surface area contributed by atoms with Crippen LogP contribution >= 0.6 is 23.1 Å². The maximum atomic E-state index is 13.3. The van der Waals surface area contributed by atoms with E-state index in [1.807, 2.05) is 35.1 Å². The van der Waals surface area contributed by atoms with Gasteiger partial charge in [-0.2, -0.15) is 13.2 Å². The summed E-state index contributed by atoms with van der Waals surface area (Å²) in [7, 11) is 1.24. The van der Waals surface area contributed by atoms with E-state index in [1.54, 1.807) is 6.07 Å². The maximum absolute atomic E-state index is 13.3. The number of thioether (sulfide) groups is 1. The molecule has 2 aromatic carbocycles. The SMILES string of the molecule is COC(=O)c1sc(-n2c(SC)nc3ccccc32)cc1OCc1ccccc1C(F)(F)F. The first-order chi connectivity index (χ1) is 15.3. The van der Waals surface area contributed by atoms with Gasteiger partial charge in [-0.05, 0) is 24.5 Å². The number of hydrogen-bond donors (Lipinski definition) is 0. The lowest BCUT2D eigenvalue weighted by Gasteiger charge is -2.13. The molecule has 0 aliphatic rings. The number of carbonyl (C=O) groups is 1. The van der Waals surface area contributed by atoms with E-state index in [0.717, 1.165) is 28.4 Å². The van der Waals surface area contributed by atoms with Crippen LogP contribution in [0.3, 0.4) is 0 Å². The number of halogens is 3. The highest BCUT2D eigenvalue weighted by molar-refractivity contribution is 7.98. The normalized spacial score (nSPS) is 11.7. The van der Waals surface area contributed by atoms with Crippen LogP contribution in [-0.2, 0) is 17.5 Å². The average Bonchev–Trinajstić information content (AvgIpc) is 3.37. The highest BCUT2D eigenvalue weighted by atomic mass is 32.2. The van der Waals surface area contributed by atoms with Crippen molar-refractivity contribution >= 4 is 40.1 Å². The first-order valence-electron chi connectivity index (χ1n) is 9.35. The van der Waals surface area contributed by atoms with Crippen LogP contribution < -0.4 is 4.74 Å². The number of hydrogen-bond acceptors (Lipinski definition) is 6. The number of thiophene rings is 1. The molecule has 0 unspecified atom stereocenters. The van der Waals surface area contributed by atoms with E-state index in [0.29, 0.717) is 10.2 Å². The fourth-order valence-electron chi connectivity index (χ4n) is 3.25. The summed E-state index contributed by atoms with van der Waals surface area (Å²) in [6.07, 6.45) is -2.62. The zero-order chi connectivity index (χ0) is 22.9. The number of imidazole rings is 1. The van der Waals surface area contributed by atoms with E-state index < -0.39 is 17.7 Å². The van der Waals surface area contributed by atoms with E-state index in [-0.39, 0.29) is 22.8 Å². The van der Waals surface area contributed by atoms with Gasteiger partial charge in [0, 0.05) is 11.6 Å². The topological polar surface area (TPSA) is 53.4 Å². The van der Waals surface area contributed by atoms with E-state index in [2.05, 4.69) is 4.98 Å². The van der Waals surface area contributed by atoms with E-state index in [4.69, 9.17) is 9.47 Å². The van der Waals surface area contributed by atoms with E-state index in [1.165, 1.54) is 37.1 Å². The van der Waals surface area contributed by atoms with Crippen molar-refractivity contribution in [1.29, 1.82) is 0 Å². The van der Waals surface area contributed by atoms with Gasteiger partial charge in [-0.3, -0.25) is 4.57 Å². The predicted molar refractivity (Wildman–Crippen MR) is 118 cm³/mol. The van der Waals surface area contributed by atoms with Crippen molar-refractivity contribution in [2.75, 3.05) is 13.4 Å². The number of esters is 1. The van der Waals surface area contributed by atoms with Gasteiger partial charge in [-0.15, -0.1) is 11.3 Å². The van der Waals surface area contributed by atoms with Crippen molar-refractivity contribution in [2.45, 2.75) is 17.9 Å². The fraction of sp³-hybridized carbons (Fsp3) is 0.182. The van der Waals surface area contributed by atoms with Crippen molar-refractivity contribution in [3.63, 3.8) is 0 Å². The minimum absolute atomic E-state index is 0.0264. The van der Waals surface area contributed by atoms with Gasteiger partial charge >= 0.3 is 12.1 Å². The second-order valence-electron chi connectivity index (χ2n) is 6.64. The van der Waals surface area contributed by atoms with Crippen LogP contribution in [0.15, 0.2) is 59.8 Å². The van der Waals surface area contributed by atoms with Crippen LogP contribution in [0, 0.1) is 0 Å². The van der Waals surface area contributed by atoms with Crippen LogP contribution in [0.2, 0.25) is 0 Å². The van der Waals surface area contributed by atoms with Crippen LogP contribution in [0.5, 0.6) is 5.75 Å². The summed E-state index contributed by atoms with van der Waals surface area (Å²) in [5.74, 6) is -0.478. The molecule has 4 aromatic rings. The summed E-state index contributed by atoms with van der Waals surface area (Å²) in [5, 5.41) is 1.35. The molecule has 0 saturated carbocycles. The number of ether oxygens (including phenoxy) is 2. The fourth-order valence-corrected chi connectivity index (χ4v) is 4.91. The zero-order valence-electron chi connectivity index (χ0n) is 17.0. The molecule has 0 bridgehead atoms. The molecule has 0 aliphatic heterocycles. The molecule has 10 heteroatoms. The Labute approximate surface area is 189 Å². The van der Waals surface area contributed by atoms with Crippen molar-refractivity contribution in [1.82, 2.24) is 9.55 Å². The largest absolute Gasteiger partial charge is 0.487 e. The third kappa shape index (κ3) is 4.20. The molecule has 32 heavy (non-hydrogen) atoms. The second kappa shape index (κ2) is 8.87. The Morgan fingerprint density at radius 1 is 1.16 bits per heavy atom. The molecule has 2 aromatic heterocycles. The third-order valence-corrected chi connectivity index (χ3v) is 6.42. The number of benzene rings is 2. The van der Waals surface area contributed by atoms with Crippen molar-refractivity contribution in [3.05, 3.63) is 70.6 Å². The first-order valence-corrected chi connectivity index (χ1v) is 11.4. The van der Waals surface area contributed by atoms with Gasteiger partial charge in [0.15, 0.2) is 10.0 Å². The summed E-state index contributed by atoms with van der Waals surface area (Å²) in [4.78, 5) is 17.1. The number of carbonyl (C=O) groups excluding carboxylic acids is 1. The molecular formula is C22H17F3N2O3S2. The molecule has 0 N–H and O–H groups in total. The number of alkyl halides is 3. The molecule has 2 heterocycles. The molecule has 0 fully saturated rings. The van der Waals surface area contributed by atoms with Gasteiger partial charge in [-0.1, -0.05) is 42.1 Å². The monoisotopic (exact) mass is 478 g/mol. The van der Waals surface area contributed by atoms with E-state index >= 15 is 0 Å². The lowest BCUT2D eigenvalue weighted by atomic mass is 10.1. The molecule has 0 amide bonds. The summed E-state index contributed by atoms with van der Waals surface area (Å²) in [6, 6.07) is 14.4. The van der Waals surface area contributed by atoms with Gasteiger partial charge in [-0.25, -0.2) is 9.78 Å². The minimum atomic E-state index is -4.51. The summed E-state index contributed by atoms with van der Waals surface area (Å²) >= 11 is 2.56. The van der Waals surface area contributed by atoms with Crippen molar-refractivity contribution in [2.24, 2.45) is 0 Å².